The monoisotopic (exact) mass is 398 g/mol. The van der Waals surface area contributed by atoms with Crippen molar-refractivity contribution in [2.24, 2.45) is 0 Å². The Bertz CT molecular complexity index is 863. The quantitative estimate of drug-likeness (QED) is 0.697. The fourth-order valence-corrected chi connectivity index (χ4v) is 4.29. The Hall–Kier alpha value is -2.59. The van der Waals surface area contributed by atoms with Crippen LogP contribution in [0.3, 0.4) is 0 Å². The van der Waals surface area contributed by atoms with Gasteiger partial charge in [0, 0.05) is 7.05 Å². The fourth-order valence-electron chi connectivity index (χ4n) is 1.93. The van der Waals surface area contributed by atoms with E-state index >= 15 is 0 Å². The van der Waals surface area contributed by atoms with Gasteiger partial charge in [-0.05, 0) is 42.6 Å². The van der Waals surface area contributed by atoms with Gasteiger partial charge >= 0.3 is 5.97 Å². The molecule has 0 aliphatic rings. The van der Waals surface area contributed by atoms with Crippen LogP contribution in [0.1, 0.15) is 6.92 Å². The SMILES string of the molecule is C[C@H](NC(=O)COc1ccc(N(C)S(=O)(=O)c2cccs2)cc1)C(=O)O. The number of thiophene rings is 1. The maximum atomic E-state index is 12.5. The van der Waals surface area contributed by atoms with Crippen molar-refractivity contribution in [3.63, 3.8) is 0 Å². The molecule has 0 radical (unpaired) electrons. The van der Waals surface area contributed by atoms with Crippen molar-refractivity contribution < 1.29 is 27.9 Å². The molecule has 1 heterocycles. The van der Waals surface area contributed by atoms with Gasteiger partial charge in [-0.3, -0.25) is 13.9 Å². The zero-order chi connectivity index (χ0) is 19.3. The first-order valence-electron chi connectivity index (χ1n) is 7.49. The highest BCUT2D eigenvalue weighted by molar-refractivity contribution is 7.94. The largest absolute Gasteiger partial charge is 0.484 e. The second-order valence-electron chi connectivity index (χ2n) is 5.31. The van der Waals surface area contributed by atoms with Crippen LogP contribution in [0.15, 0.2) is 46.0 Å². The molecule has 0 spiro atoms. The van der Waals surface area contributed by atoms with Gasteiger partial charge in [0.2, 0.25) is 0 Å². The van der Waals surface area contributed by atoms with Crippen molar-refractivity contribution in [2.45, 2.75) is 17.2 Å². The number of benzene rings is 1. The number of carbonyl (C=O) groups excluding carboxylic acids is 1. The number of carboxylic acids is 1. The van der Waals surface area contributed by atoms with Gasteiger partial charge in [0.1, 0.15) is 16.0 Å². The Morgan fingerprint density at radius 3 is 2.46 bits per heavy atom. The lowest BCUT2D eigenvalue weighted by Crippen LogP contribution is -2.40. The maximum absolute atomic E-state index is 12.5. The molecule has 0 saturated heterocycles. The van der Waals surface area contributed by atoms with E-state index in [-0.39, 0.29) is 10.8 Å². The average molecular weight is 398 g/mol. The molecule has 2 rings (SSSR count). The molecular weight excluding hydrogens is 380 g/mol. The molecule has 0 aliphatic carbocycles. The van der Waals surface area contributed by atoms with E-state index < -0.39 is 27.9 Å². The highest BCUT2D eigenvalue weighted by atomic mass is 32.2. The van der Waals surface area contributed by atoms with Gasteiger partial charge in [-0.25, -0.2) is 8.42 Å². The summed E-state index contributed by atoms with van der Waals surface area (Å²) < 4.78 is 31.6. The summed E-state index contributed by atoms with van der Waals surface area (Å²) in [6.07, 6.45) is 0. The first-order valence-corrected chi connectivity index (χ1v) is 9.81. The summed E-state index contributed by atoms with van der Waals surface area (Å²) in [6.45, 7) is 0.999. The van der Waals surface area contributed by atoms with Gasteiger partial charge in [-0.15, -0.1) is 11.3 Å². The summed E-state index contributed by atoms with van der Waals surface area (Å²) in [4.78, 5) is 22.3. The molecule has 0 aliphatic heterocycles. The first-order chi connectivity index (χ1) is 12.2. The summed E-state index contributed by atoms with van der Waals surface area (Å²) in [6, 6.07) is 8.36. The number of nitrogens with zero attached hydrogens (tertiary/aromatic N) is 1. The Labute approximate surface area is 155 Å². The van der Waals surface area contributed by atoms with Crippen molar-refractivity contribution in [2.75, 3.05) is 18.0 Å². The Morgan fingerprint density at radius 2 is 1.92 bits per heavy atom. The van der Waals surface area contributed by atoms with Crippen LogP contribution in [-0.2, 0) is 19.6 Å². The number of hydrogen-bond acceptors (Lipinski definition) is 6. The normalized spacial score (nSPS) is 12.2. The van der Waals surface area contributed by atoms with Crippen molar-refractivity contribution in [3.8, 4) is 5.75 Å². The third kappa shape index (κ3) is 4.73. The second-order valence-corrected chi connectivity index (χ2v) is 8.46. The van der Waals surface area contributed by atoms with E-state index in [2.05, 4.69) is 5.32 Å². The molecule has 140 valence electrons. The number of nitrogens with one attached hydrogen (secondary N) is 1. The fraction of sp³-hybridized carbons (Fsp3) is 0.250. The van der Waals surface area contributed by atoms with Crippen LogP contribution in [0.4, 0.5) is 5.69 Å². The first kappa shape index (κ1) is 19.7. The number of ether oxygens (including phenoxy) is 1. The van der Waals surface area contributed by atoms with Crippen molar-refractivity contribution in [3.05, 3.63) is 41.8 Å². The maximum Gasteiger partial charge on any atom is 0.325 e. The van der Waals surface area contributed by atoms with Crippen molar-refractivity contribution in [1.82, 2.24) is 5.32 Å². The molecule has 1 atom stereocenters. The van der Waals surface area contributed by atoms with Gasteiger partial charge in [0.15, 0.2) is 6.61 Å². The zero-order valence-corrected chi connectivity index (χ0v) is 15.7. The van der Waals surface area contributed by atoms with E-state index in [4.69, 9.17) is 9.84 Å². The molecule has 10 heteroatoms. The van der Waals surface area contributed by atoms with Gasteiger partial charge in [0.05, 0.1) is 5.69 Å². The number of carboxylic acid groups (broad SMARTS) is 1. The molecule has 1 amide bonds. The minimum absolute atomic E-state index is 0.240. The summed E-state index contributed by atoms with van der Waals surface area (Å²) in [5.41, 5.74) is 0.440. The van der Waals surface area contributed by atoms with Crippen LogP contribution >= 0.6 is 11.3 Å². The average Bonchev–Trinajstić information content (AvgIpc) is 3.15. The number of aliphatic carboxylic acids is 1. The zero-order valence-electron chi connectivity index (χ0n) is 14.1. The van der Waals surface area contributed by atoms with Gasteiger partial charge in [-0.2, -0.15) is 0 Å². The lowest BCUT2D eigenvalue weighted by Gasteiger charge is -2.18. The van der Waals surface area contributed by atoms with E-state index in [0.717, 1.165) is 15.6 Å². The highest BCUT2D eigenvalue weighted by Gasteiger charge is 2.22. The van der Waals surface area contributed by atoms with Gasteiger partial charge < -0.3 is 15.2 Å². The molecule has 26 heavy (non-hydrogen) atoms. The Morgan fingerprint density at radius 1 is 1.27 bits per heavy atom. The minimum atomic E-state index is -3.62. The number of hydrogen-bond donors (Lipinski definition) is 2. The summed E-state index contributed by atoms with van der Waals surface area (Å²) in [5, 5.41) is 12.7. The summed E-state index contributed by atoms with van der Waals surface area (Å²) in [5.74, 6) is -1.35. The molecule has 0 fully saturated rings. The molecule has 1 aromatic heterocycles. The van der Waals surface area contributed by atoms with E-state index in [9.17, 15) is 18.0 Å². The van der Waals surface area contributed by atoms with E-state index in [1.807, 2.05) is 0 Å². The molecule has 8 nitrogen and oxygen atoms in total. The molecule has 2 N–H and O–H groups in total. The third-order valence-electron chi connectivity index (χ3n) is 3.43. The third-order valence-corrected chi connectivity index (χ3v) is 6.59. The topological polar surface area (TPSA) is 113 Å². The number of rotatable bonds is 8. The Balaban J connectivity index is 1.98. The Kier molecular flexibility index (Phi) is 6.22. The van der Waals surface area contributed by atoms with E-state index in [0.29, 0.717) is 11.4 Å². The smallest absolute Gasteiger partial charge is 0.325 e. The second kappa shape index (κ2) is 8.19. The minimum Gasteiger partial charge on any atom is -0.484 e. The number of amides is 1. The van der Waals surface area contributed by atoms with E-state index in [1.54, 1.807) is 23.6 Å². The van der Waals surface area contributed by atoms with Crippen LogP contribution in [0, 0.1) is 0 Å². The molecule has 0 unspecified atom stereocenters. The van der Waals surface area contributed by atoms with Crippen LogP contribution in [0.25, 0.3) is 0 Å². The van der Waals surface area contributed by atoms with Crippen LogP contribution in [-0.4, -0.2) is 45.1 Å². The van der Waals surface area contributed by atoms with Crippen molar-refractivity contribution >= 4 is 38.9 Å². The number of anilines is 1. The van der Waals surface area contributed by atoms with E-state index in [1.165, 1.54) is 32.2 Å². The summed E-state index contributed by atoms with van der Waals surface area (Å²) in [7, 11) is -2.17. The van der Waals surface area contributed by atoms with Crippen LogP contribution < -0.4 is 14.4 Å². The molecule has 1 aromatic carbocycles. The predicted molar refractivity (Wildman–Crippen MR) is 97.1 cm³/mol. The standard InChI is InChI=1S/C16H18N2O6S2/c1-11(16(20)21)17-14(19)10-24-13-7-5-12(6-8-13)18(2)26(22,23)15-4-3-9-25-15/h3-9,11H,10H2,1-2H3,(H,17,19)(H,20,21)/t11-/m0/s1. The lowest BCUT2D eigenvalue weighted by atomic mass is 10.3. The highest BCUT2D eigenvalue weighted by Crippen LogP contribution is 2.26. The van der Waals surface area contributed by atoms with Crippen LogP contribution in [0.2, 0.25) is 0 Å². The van der Waals surface area contributed by atoms with Crippen LogP contribution in [0.5, 0.6) is 5.75 Å². The molecule has 2 aromatic rings. The summed E-state index contributed by atoms with van der Waals surface area (Å²) >= 11 is 1.13. The number of sulfonamides is 1. The van der Waals surface area contributed by atoms with Crippen molar-refractivity contribution in [1.29, 1.82) is 0 Å². The molecule has 0 bridgehead atoms. The molecule has 0 saturated carbocycles. The predicted octanol–water partition coefficient (Wildman–Crippen LogP) is 1.54. The number of carbonyl (C=O) groups is 2. The van der Waals surface area contributed by atoms with Gasteiger partial charge in [-0.1, -0.05) is 6.07 Å². The lowest BCUT2D eigenvalue weighted by molar-refractivity contribution is -0.141. The molecular formula is C16H18N2O6S2. The van der Waals surface area contributed by atoms with Gasteiger partial charge in [0.25, 0.3) is 15.9 Å².